The number of unbranched alkanes of at least 4 members (excludes halogenated alkanes) is 1. The summed E-state index contributed by atoms with van der Waals surface area (Å²) in [6.45, 7) is 0. The van der Waals surface area contributed by atoms with Gasteiger partial charge in [0.1, 0.15) is 14.1 Å². The second-order valence-electron chi connectivity index (χ2n) is 11.8. The molecule has 0 bridgehead atoms. The third-order valence-electron chi connectivity index (χ3n) is 8.19. The second kappa shape index (κ2) is 18.8. The maximum atomic E-state index is 8.49. The SMILES string of the molecule is C[n+]1c(-c2ccccc2)cc(CCCCc2cc(-c3ccccc3)[n+](C)c(-c3ccccc3)c2)cc1-c1ccccc1.[O-][Cl+3]([O-])([O-])[O-].[O-][Cl+3]([O-])([O-])[O-]. The molecule has 0 spiro atoms. The van der Waals surface area contributed by atoms with Gasteiger partial charge in [-0.3, -0.25) is 0 Å². The maximum Gasteiger partial charge on any atom is 0.213 e. The first-order valence-electron chi connectivity index (χ1n) is 16.2. The van der Waals surface area contributed by atoms with E-state index in [1.54, 1.807) is 0 Å². The van der Waals surface area contributed by atoms with Crippen LogP contribution >= 0.6 is 0 Å². The average molecular weight is 746 g/mol. The van der Waals surface area contributed by atoms with Crippen molar-refractivity contribution in [1.29, 1.82) is 0 Å². The molecule has 0 radical (unpaired) electrons. The molecule has 0 saturated carbocycles. The van der Waals surface area contributed by atoms with Crippen molar-refractivity contribution in [2.75, 3.05) is 0 Å². The van der Waals surface area contributed by atoms with E-state index in [-0.39, 0.29) is 0 Å². The van der Waals surface area contributed by atoms with E-state index < -0.39 is 20.5 Å². The van der Waals surface area contributed by atoms with Gasteiger partial charge in [0.2, 0.25) is 22.8 Å². The summed E-state index contributed by atoms with van der Waals surface area (Å²) in [6, 6.07) is 52.5. The standard InChI is InChI=1S/C40H38N2.2ClHO4/c1-41-37(33-19-7-3-8-20-33)27-31(28-38(41)34-21-9-4-10-22-34)17-15-16-18-32-29-39(35-23-11-5-12-24-35)42(2)40(30-32)36-25-13-6-14-26-36;2*2-1(3,4)5/h3-14,19-30H,15-18H2,1-2H3;2*(H,2,3,4,5)/q+2;;/p-2. The largest absolute Gasteiger partial charge is 0.222 e. The number of nitrogens with zero attached hydrogens (tertiary/aromatic N) is 2. The monoisotopic (exact) mass is 744 g/mol. The van der Waals surface area contributed by atoms with Gasteiger partial charge in [-0.15, -0.1) is 20.5 Å². The lowest BCUT2D eigenvalue weighted by molar-refractivity contribution is -2.00. The van der Waals surface area contributed by atoms with E-state index in [2.05, 4.69) is 169 Å². The zero-order valence-corrected chi connectivity index (χ0v) is 30.1. The van der Waals surface area contributed by atoms with Gasteiger partial charge in [-0.05, 0) is 85.3 Å². The molecule has 0 amide bonds. The van der Waals surface area contributed by atoms with Crippen molar-refractivity contribution < 1.29 is 66.9 Å². The molecule has 0 saturated heterocycles. The van der Waals surface area contributed by atoms with Gasteiger partial charge in [0.25, 0.3) is 0 Å². The maximum absolute atomic E-state index is 8.49. The van der Waals surface area contributed by atoms with Gasteiger partial charge in [0, 0.05) is 46.5 Å². The molecule has 0 atom stereocenters. The number of hydrogen-bond acceptors (Lipinski definition) is 8. The van der Waals surface area contributed by atoms with Gasteiger partial charge in [0.15, 0.2) is 0 Å². The summed E-state index contributed by atoms with van der Waals surface area (Å²) < 4.78 is 72.6. The molecule has 0 N–H and O–H groups in total. The summed E-state index contributed by atoms with van der Waals surface area (Å²) in [5.74, 6) is 0. The van der Waals surface area contributed by atoms with Crippen molar-refractivity contribution in [3.05, 3.63) is 157 Å². The van der Waals surface area contributed by atoms with Crippen LogP contribution in [0.4, 0.5) is 0 Å². The zero-order valence-electron chi connectivity index (χ0n) is 28.6. The average Bonchev–Trinajstić information content (AvgIpc) is 3.11. The Morgan fingerprint density at radius 2 is 0.558 bits per heavy atom. The van der Waals surface area contributed by atoms with Crippen LogP contribution in [0.2, 0.25) is 0 Å². The Hall–Kier alpha value is -4.56. The van der Waals surface area contributed by atoms with Gasteiger partial charge < -0.3 is 0 Å². The topological polar surface area (TPSA) is 192 Å². The number of benzene rings is 4. The van der Waals surface area contributed by atoms with Gasteiger partial charge >= 0.3 is 0 Å². The molecule has 0 aliphatic carbocycles. The van der Waals surface area contributed by atoms with Crippen LogP contribution in [0.3, 0.4) is 0 Å². The lowest BCUT2D eigenvalue weighted by Gasteiger charge is -2.17. The van der Waals surface area contributed by atoms with Gasteiger partial charge in [-0.2, -0.15) is 9.13 Å². The minimum Gasteiger partial charge on any atom is -0.222 e. The Balaban J connectivity index is 0.000000536. The van der Waals surface area contributed by atoms with Crippen LogP contribution in [-0.2, 0) is 26.9 Å². The van der Waals surface area contributed by atoms with Crippen LogP contribution < -0.4 is 46.4 Å². The number of rotatable bonds is 9. The summed E-state index contributed by atoms with van der Waals surface area (Å²) in [7, 11) is -5.53. The normalized spacial score (nSPS) is 11.2. The molecule has 0 aliphatic heterocycles. The number of hydrogen-bond donors (Lipinski definition) is 0. The number of halogens is 2. The van der Waals surface area contributed by atoms with Crippen molar-refractivity contribution in [2.45, 2.75) is 25.7 Å². The zero-order chi connectivity index (χ0) is 37.7. The van der Waals surface area contributed by atoms with Gasteiger partial charge in [-0.1, -0.05) is 72.8 Å². The van der Waals surface area contributed by atoms with Crippen LogP contribution in [0, 0.1) is 20.5 Å². The smallest absolute Gasteiger partial charge is 0.213 e. The fourth-order valence-corrected chi connectivity index (χ4v) is 5.92. The molecule has 6 rings (SSSR count). The van der Waals surface area contributed by atoms with Crippen LogP contribution in [0.15, 0.2) is 146 Å². The molecule has 2 heterocycles. The molecule has 270 valence electrons. The van der Waals surface area contributed by atoms with Gasteiger partial charge in [0.05, 0.1) is 0 Å². The molecule has 12 heteroatoms. The quantitative estimate of drug-likeness (QED) is 0.134. The van der Waals surface area contributed by atoms with E-state index in [0.29, 0.717) is 0 Å². The van der Waals surface area contributed by atoms with Crippen LogP contribution in [0.5, 0.6) is 0 Å². The van der Waals surface area contributed by atoms with Crippen molar-refractivity contribution in [3.8, 4) is 45.0 Å². The minimum atomic E-state index is -4.94. The van der Waals surface area contributed by atoms with E-state index in [9.17, 15) is 0 Å². The highest BCUT2D eigenvalue weighted by atomic mass is 35.7. The molecular weight excluding hydrogens is 707 g/mol. The van der Waals surface area contributed by atoms with Crippen molar-refractivity contribution in [1.82, 2.24) is 0 Å². The van der Waals surface area contributed by atoms with Gasteiger partial charge in [-0.25, -0.2) is 37.3 Å². The summed E-state index contributed by atoms with van der Waals surface area (Å²) in [6.07, 6.45) is 4.38. The Labute approximate surface area is 307 Å². The Morgan fingerprint density at radius 1 is 0.365 bits per heavy atom. The highest BCUT2D eigenvalue weighted by Gasteiger charge is 2.20. The summed E-state index contributed by atoms with van der Waals surface area (Å²) in [5, 5.41) is 0. The summed E-state index contributed by atoms with van der Waals surface area (Å²) in [4.78, 5) is 0. The van der Waals surface area contributed by atoms with Crippen molar-refractivity contribution >= 4 is 0 Å². The number of aromatic nitrogens is 2. The summed E-state index contributed by atoms with van der Waals surface area (Å²) >= 11 is 0. The molecular formula is C40H38Cl2N2O8. The van der Waals surface area contributed by atoms with E-state index in [1.165, 1.54) is 56.2 Å². The number of pyridine rings is 2. The highest BCUT2D eigenvalue weighted by molar-refractivity contribution is 5.64. The van der Waals surface area contributed by atoms with E-state index >= 15 is 0 Å². The van der Waals surface area contributed by atoms with Crippen LogP contribution in [-0.4, -0.2) is 0 Å². The van der Waals surface area contributed by atoms with Crippen molar-refractivity contribution in [3.63, 3.8) is 0 Å². The third-order valence-corrected chi connectivity index (χ3v) is 8.19. The first-order chi connectivity index (χ1) is 24.7. The fourth-order valence-electron chi connectivity index (χ4n) is 5.92. The Morgan fingerprint density at radius 3 is 0.750 bits per heavy atom. The molecule has 10 nitrogen and oxygen atoms in total. The van der Waals surface area contributed by atoms with Crippen molar-refractivity contribution in [2.24, 2.45) is 14.1 Å². The molecule has 2 aromatic heterocycles. The summed E-state index contributed by atoms with van der Waals surface area (Å²) in [5.41, 5.74) is 12.8. The predicted molar refractivity (Wildman–Crippen MR) is 174 cm³/mol. The minimum absolute atomic E-state index is 1.05. The molecule has 6 aromatic rings. The highest BCUT2D eigenvalue weighted by Crippen LogP contribution is 2.26. The molecule has 0 fully saturated rings. The Bertz CT molecular complexity index is 1710. The van der Waals surface area contributed by atoms with E-state index in [1.807, 2.05) is 0 Å². The molecule has 52 heavy (non-hydrogen) atoms. The fraction of sp³-hybridized carbons (Fsp3) is 0.150. The number of aryl methyl sites for hydroxylation is 2. The van der Waals surface area contributed by atoms with E-state index in [0.717, 1.165) is 25.7 Å². The van der Waals surface area contributed by atoms with E-state index in [4.69, 9.17) is 37.3 Å². The molecule has 0 aliphatic rings. The van der Waals surface area contributed by atoms with Crippen LogP contribution in [0.1, 0.15) is 24.0 Å². The Kier molecular flexibility index (Phi) is 14.5. The lowest BCUT2D eigenvalue weighted by Crippen LogP contribution is -2.68. The molecule has 4 aromatic carbocycles. The first-order valence-corrected chi connectivity index (χ1v) is 18.7. The third kappa shape index (κ3) is 13.2. The lowest BCUT2D eigenvalue weighted by atomic mass is 9.98. The predicted octanol–water partition coefficient (Wildman–Crippen LogP) is -0.943. The van der Waals surface area contributed by atoms with Crippen LogP contribution in [0.25, 0.3) is 45.0 Å². The first kappa shape index (κ1) is 40.2. The second-order valence-corrected chi connectivity index (χ2v) is 13.3. The molecule has 0 unspecified atom stereocenters.